The van der Waals surface area contributed by atoms with E-state index in [4.69, 9.17) is 4.74 Å². The van der Waals surface area contributed by atoms with Crippen LogP contribution in [0.15, 0.2) is 84.9 Å². The lowest BCUT2D eigenvalue weighted by atomic mass is 9.95. The lowest BCUT2D eigenvalue weighted by Gasteiger charge is -2.40. The highest BCUT2D eigenvalue weighted by Gasteiger charge is 2.30. The van der Waals surface area contributed by atoms with Gasteiger partial charge in [0.2, 0.25) is 0 Å². The monoisotopic (exact) mass is 414 g/mol. The molecule has 1 aliphatic heterocycles. The normalized spacial score (nSPS) is 16.5. The number of benzene rings is 3. The van der Waals surface area contributed by atoms with E-state index in [1.807, 2.05) is 42.2 Å². The zero-order chi connectivity index (χ0) is 21.6. The number of carbonyl (C=O) groups is 1. The van der Waals surface area contributed by atoms with Gasteiger partial charge in [0.15, 0.2) is 6.10 Å². The molecular weight excluding hydrogens is 384 g/mol. The van der Waals surface area contributed by atoms with Crippen molar-refractivity contribution in [2.45, 2.75) is 26.0 Å². The van der Waals surface area contributed by atoms with Crippen LogP contribution in [-0.4, -0.2) is 48.0 Å². The second-order valence-corrected chi connectivity index (χ2v) is 8.16. The second-order valence-electron chi connectivity index (χ2n) is 8.16. The van der Waals surface area contributed by atoms with Crippen molar-refractivity contribution in [3.05, 3.63) is 102 Å². The Balaban J connectivity index is 1.44. The Labute approximate surface area is 185 Å². The number of piperazine rings is 1. The first-order valence-corrected chi connectivity index (χ1v) is 11.0. The average molecular weight is 415 g/mol. The van der Waals surface area contributed by atoms with Gasteiger partial charge in [-0.05, 0) is 37.1 Å². The van der Waals surface area contributed by atoms with Gasteiger partial charge in [-0.25, -0.2) is 0 Å². The van der Waals surface area contributed by atoms with E-state index in [2.05, 4.69) is 66.4 Å². The van der Waals surface area contributed by atoms with Crippen molar-refractivity contribution in [3.8, 4) is 5.75 Å². The first-order chi connectivity index (χ1) is 15.1. The van der Waals surface area contributed by atoms with Crippen LogP contribution in [0.25, 0.3) is 0 Å². The average Bonchev–Trinajstić information content (AvgIpc) is 2.82. The highest BCUT2D eigenvalue weighted by atomic mass is 16.5. The summed E-state index contributed by atoms with van der Waals surface area (Å²) in [6, 6.07) is 29.2. The van der Waals surface area contributed by atoms with Crippen LogP contribution in [0.2, 0.25) is 0 Å². The Morgan fingerprint density at radius 2 is 1.32 bits per heavy atom. The largest absolute Gasteiger partial charge is 0.481 e. The van der Waals surface area contributed by atoms with E-state index >= 15 is 0 Å². The fourth-order valence-electron chi connectivity index (χ4n) is 4.21. The summed E-state index contributed by atoms with van der Waals surface area (Å²) in [5, 5.41) is 0. The van der Waals surface area contributed by atoms with Crippen LogP contribution in [0.5, 0.6) is 5.75 Å². The van der Waals surface area contributed by atoms with Crippen molar-refractivity contribution in [3.63, 3.8) is 0 Å². The van der Waals surface area contributed by atoms with Gasteiger partial charge < -0.3 is 9.64 Å². The van der Waals surface area contributed by atoms with Gasteiger partial charge in [0.1, 0.15) is 5.75 Å². The maximum Gasteiger partial charge on any atom is 0.263 e. The number of hydrogen-bond acceptors (Lipinski definition) is 3. The number of para-hydroxylation sites is 1. The van der Waals surface area contributed by atoms with Crippen LogP contribution in [0, 0.1) is 6.92 Å². The minimum Gasteiger partial charge on any atom is -0.481 e. The van der Waals surface area contributed by atoms with E-state index in [1.165, 1.54) is 16.7 Å². The molecule has 0 saturated carbocycles. The van der Waals surface area contributed by atoms with E-state index in [9.17, 15) is 4.79 Å². The Kier molecular flexibility index (Phi) is 6.68. The maximum absolute atomic E-state index is 12.9. The Morgan fingerprint density at radius 3 is 1.94 bits per heavy atom. The smallest absolute Gasteiger partial charge is 0.263 e. The van der Waals surface area contributed by atoms with Gasteiger partial charge in [-0.1, -0.05) is 78.4 Å². The number of amides is 1. The number of hydrogen-bond donors (Lipinski definition) is 0. The molecule has 3 aromatic rings. The van der Waals surface area contributed by atoms with Crippen molar-refractivity contribution < 1.29 is 9.53 Å². The molecule has 4 rings (SSSR count). The number of nitrogens with zero attached hydrogens (tertiary/aromatic N) is 2. The number of ether oxygens (including phenoxy) is 1. The van der Waals surface area contributed by atoms with Crippen molar-refractivity contribution in [1.29, 1.82) is 0 Å². The molecule has 3 aromatic carbocycles. The summed E-state index contributed by atoms with van der Waals surface area (Å²) >= 11 is 0. The maximum atomic E-state index is 12.9. The summed E-state index contributed by atoms with van der Waals surface area (Å²) in [6.07, 6.45) is -0.490. The number of aryl methyl sites for hydroxylation is 1. The van der Waals surface area contributed by atoms with E-state index in [1.54, 1.807) is 0 Å². The van der Waals surface area contributed by atoms with Gasteiger partial charge in [-0.15, -0.1) is 0 Å². The minimum absolute atomic E-state index is 0.0510. The van der Waals surface area contributed by atoms with Gasteiger partial charge >= 0.3 is 0 Å². The summed E-state index contributed by atoms with van der Waals surface area (Å²) in [5.74, 6) is 0.778. The number of carbonyl (C=O) groups excluding carboxylic acids is 1. The molecule has 0 N–H and O–H groups in total. The van der Waals surface area contributed by atoms with Gasteiger partial charge in [-0.2, -0.15) is 0 Å². The molecule has 31 heavy (non-hydrogen) atoms. The fraction of sp³-hybridized carbons (Fsp3) is 0.296. The van der Waals surface area contributed by atoms with Crippen LogP contribution >= 0.6 is 0 Å². The van der Waals surface area contributed by atoms with Crippen LogP contribution in [0.4, 0.5) is 0 Å². The van der Waals surface area contributed by atoms with E-state index in [0.29, 0.717) is 13.1 Å². The first-order valence-electron chi connectivity index (χ1n) is 11.0. The predicted octanol–water partition coefficient (Wildman–Crippen LogP) is 4.70. The van der Waals surface area contributed by atoms with E-state index < -0.39 is 6.10 Å². The fourth-order valence-corrected chi connectivity index (χ4v) is 4.21. The molecule has 4 nitrogen and oxygen atoms in total. The van der Waals surface area contributed by atoms with Crippen LogP contribution in [-0.2, 0) is 4.79 Å². The zero-order valence-electron chi connectivity index (χ0n) is 18.3. The van der Waals surface area contributed by atoms with Crippen molar-refractivity contribution >= 4 is 5.91 Å². The van der Waals surface area contributed by atoms with Crippen molar-refractivity contribution in [2.75, 3.05) is 26.2 Å². The molecule has 160 valence electrons. The molecule has 0 unspecified atom stereocenters. The molecular formula is C27H30N2O2. The molecule has 0 bridgehead atoms. The van der Waals surface area contributed by atoms with Crippen molar-refractivity contribution in [1.82, 2.24) is 9.80 Å². The van der Waals surface area contributed by atoms with Gasteiger partial charge in [-0.3, -0.25) is 9.69 Å². The summed E-state index contributed by atoms with van der Waals surface area (Å²) in [7, 11) is 0. The van der Waals surface area contributed by atoms with Crippen LogP contribution in [0.3, 0.4) is 0 Å². The number of rotatable bonds is 6. The molecule has 1 aliphatic rings. The molecule has 1 saturated heterocycles. The van der Waals surface area contributed by atoms with Gasteiger partial charge in [0.05, 0.1) is 6.04 Å². The first kappa shape index (κ1) is 21.1. The summed E-state index contributed by atoms with van der Waals surface area (Å²) in [4.78, 5) is 17.3. The summed E-state index contributed by atoms with van der Waals surface area (Å²) < 4.78 is 5.85. The summed E-state index contributed by atoms with van der Waals surface area (Å²) in [6.45, 7) is 7.02. The topological polar surface area (TPSA) is 32.8 Å². The molecule has 0 radical (unpaired) electrons. The quantitative estimate of drug-likeness (QED) is 0.586. The minimum atomic E-state index is -0.490. The molecule has 0 aromatic heterocycles. The SMILES string of the molecule is Cc1ccc([C@H](c2ccccc2)N2CCN(C(=O)[C@H](C)Oc3ccccc3)CC2)cc1. The second kappa shape index (κ2) is 9.80. The van der Waals surface area contributed by atoms with E-state index in [0.717, 1.165) is 18.8 Å². The molecule has 1 fully saturated rings. The Hall–Kier alpha value is -3.11. The molecule has 4 heteroatoms. The van der Waals surface area contributed by atoms with Crippen LogP contribution < -0.4 is 4.74 Å². The van der Waals surface area contributed by atoms with E-state index in [-0.39, 0.29) is 11.9 Å². The molecule has 1 heterocycles. The molecule has 0 aliphatic carbocycles. The Bertz CT molecular complexity index is 965. The highest BCUT2D eigenvalue weighted by Crippen LogP contribution is 2.30. The summed E-state index contributed by atoms with van der Waals surface area (Å²) in [5.41, 5.74) is 3.84. The predicted molar refractivity (Wildman–Crippen MR) is 124 cm³/mol. The highest BCUT2D eigenvalue weighted by molar-refractivity contribution is 5.81. The third-order valence-electron chi connectivity index (χ3n) is 5.90. The standard InChI is InChI=1S/C27H30N2O2/c1-21-13-15-24(16-14-21)26(23-9-5-3-6-10-23)28-17-19-29(20-18-28)27(30)22(2)31-25-11-7-4-8-12-25/h3-16,22,26H,17-20H2,1-2H3/t22-,26-/m0/s1. The Morgan fingerprint density at radius 1 is 0.774 bits per heavy atom. The van der Waals surface area contributed by atoms with Gasteiger partial charge in [0.25, 0.3) is 5.91 Å². The lowest BCUT2D eigenvalue weighted by molar-refractivity contribution is -0.140. The molecule has 1 amide bonds. The zero-order valence-corrected chi connectivity index (χ0v) is 18.3. The van der Waals surface area contributed by atoms with Gasteiger partial charge in [0, 0.05) is 26.2 Å². The lowest BCUT2D eigenvalue weighted by Crippen LogP contribution is -2.52. The molecule has 2 atom stereocenters. The van der Waals surface area contributed by atoms with Crippen molar-refractivity contribution in [2.24, 2.45) is 0 Å². The molecule has 0 spiro atoms. The third kappa shape index (κ3) is 5.15. The van der Waals surface area contributed by atoms with Crippen LogP contribution in [0.1, 0.15) is 29.7 Å². The third-order valence-corrected chi connectivity index (χ3v) is 5.90.